The van der Waals surface area contributed by atoms with Crippen molar-refractivity contribution in [2.75, 3.05) is 84.3 Å². The van der Waals surface area contributed by atoms with Crippen LogP contribution in [0.3, 0.4) is 0 Å². The van der Waals surface area contributed by atoms with Crippen molar-refractivity contribution in [3.63, 3.8) is 0 Å². The molecule has 2 amide bonds. The predicted molar refractivity (Wildman–Crippen MR) is 205 cm³/mol. The van der Waals surface area contributed by atoms with Gasteiger partial charge in [0.2, 0.25) is 0 Å². The molecule has 0 saturated carbocycles. The first kappa shape index (κ1) is 42.4. The van der Waals surface area contributed by atoms with Crippen LogP contribution in [0.5, 0.6) is 5.75 Å². The van der Waals surface area contributed by atoms with Crippen molar-refractivity contribution in [1.82, 2.24) is 20.6 Å². The van der Waals surface area contributed by atoms with E-state index in [0.717, 1.165) is 74.9 Å². The molecule has 3 aromatic rings. The summed E-state index contributed by atoms with van der Waals surface area (Å²) in [7, 11) is 1.67. The molecule has 1 aliphatic heterocycles. The summed E-state index contributed by atoms with van der Waals surface area (Å²) in [5, 5.41) is 14.7. The molecule has 14 heteroatoms. The summed E-state index contributed by atoms with van der Waals surface area (Å²) >= 11 is 6.04. The third kappa shape index (κ3) is 13.8. The van der Waals surface area contributed by atoms with Crippen molar-refractivity contribution in [3.05, 3.63) is 76.1 Å². The van der Waals surface area contributed by atoms with Crippen LogP contribution in [0.2, 0.25) is 5.15 Å². The van der Waals surface area contributed by atoms with Crippen LogP contribution in [0.15, 0.2) is 48.5 Å². The fraction of sp³-hybridized carbons (Fsp3) is 0.526. The topological polar surface area (TPSA) is 184 Å². The minimum Gasteiger partial charge on any atom is -0.497 e. The van der Waals surface area contributed by atoms with Crippen LogP contribution in [-0.2, 0) is 22.3 Å². The lowest BCUT2D eigenvalue weighted by Gasteiger charge is -2.45. The summed E-state index contributed by atoms with van der Waals surface area (Å²) in [6.07, 6.45) is 5.62. The average molecular weight is 743 g/mol. The van der Waals surface area contributed by atoms with Gasteiger partial charge in [-0.2, -0.15) is 0 Å². The standard InChI is InChI=1S/C36H50ClN7O6.C2H6/c1-48-30-14-10-27(11-15-30)6-3-18-44(19-4-7-29(25-44)41-36(47)31-33(38)43-34(39)32(37)42-31)17-2-5-26-8-12-28(13-9-26)35(46)40-16-21-49-23-24-50-22-20-45;1-2/h8-15,29,45H,2-7,16-25H2,1H3,(H5-,38,39,40,41,43,46,47);1-2H3/p+1. The number of rotatable bonds is 20. The minimum atomic E-state index is -0.402. The molecular formula is C38H57ClN7O6+. The van der Waals surface area contributed by atoms with Gasteiger partial charge in [0.25, 0.3) is 11.8 Å². The number of aryl methyl sites for hydroxylation is 2. The highest BCUT2D eigenvalue weighted by Gasteiger charge is 2.35. The number of aliphatic hydroxyl groups is 1. The van der Waals surface area contributed by atoms with Gasteiger partial charge in [0.1, 0.15) is 5.75 Å². The molecule has 2 unspecified atom stereocenters. The Labute approximate surface area is 313 Å². The second-order valence-electron chi connectivity index (χ2n) is 12.6. The number of ether oxygens (including phenoxy) is 3. The molecule has 2 heterocycles. The van der Waals surface area contributed by atoms with Crippen LogP contribution >= 0.6 is 11.6 Å². The number of aromatic nitrogens is 2. The molecule has 1 fully saturated rings. The molecule has 2 atom stereocenters. The fourth-order valence-corrected chi connectivity index (χ4v) is 6.53. The summed E-state index contributed by atoms with van der Waals surface area (Å²) in [4.78, 5) is 33.9. The molecule has 52 heavy (non-hydrogen) atoms. The van der Waals surface area contributed by atoms with Crippen molar-refractivity contribution >= 4 is 35.1 Å². The third-order valence-corrected chi connectivity index (χ3v) is 9.24. The van der Waals surface area contributed by atoms with E-state index in [4.69, 9.17) is 42.4 Å². The van der Waals surface area contributed by atoms with E-state index in [2.05, 4.69) is 32.7 Å². The molecule has 13 nitrogen and oxygen atoms in total. The number of likely N-dealkylation sites (tertiary alicyclic amines) is 1. The van der Waals surface area contributed by atoms with Crippen LogP contribution in [-0.4, -0.2) is 110 Å². The summed E-state index contributed by atoms with van der Waals surface area (Å²) in [6, 6.07) is 15.9. The molecule has 0 radical (unpaired) electrons. The number of hydrogen-bond acceptors (Lipinski definition) is 10. The number of methoxy groups -OCH3 is 1. The lowest BCUT2D eigenvalue weighted by atomic mass is 9.99. The first-order valence-electron chi connectivity index (χ1n) is 18.2. The third-order valence-electron chi connectivity index (χ3n) is 8.96. The highest BCUT2D eigenvalue weighted by atomic mass is 35.5. The van der Waals surface area contributed by atoms with Gasteiger partial charge in [-0.15, -0.1) is 0 Å². The number of carbonyl (C=O) groups excluding carboxylic acids is 2. The second kappa shape index (κ2) is 22.8. The number of nitrogens with zero attached hydrogens (tertiary/aromatic N) is 3. The Hall–Kier alpha value is -4.01. The summed E-state index contributed by atoms with van der Waals surface area (Å²) < 4.78 is 16.8. The Morgan fingerprint density at radius 1 is 0.885 bits per heavy atom. The molecule has 1 aliphatic rings. The van der Waals surface area contributed by atoms with Crippen LogP contribution in [0.1, 0.15) is 71.5 Å². The molecule has 1 aromatic heterocycles. The number of nitrogens with one attached hydrogen (secondary N) is 2. The summed E-state index contributed by atoms with van der Waals surface area (Å²) in [6.45, 7) is 9.63. The molecule has 0 aliphatic carbocycles. The number of nitrogens with two attached hydrogens (primary N) is 2. The number of nitrogen functional groups attached to an aromatic ring is 2. The number of benzene rings is 2. The minimum absolute atomic E-state index is 0.0111. The molecule has 4 rings (SSSR count). The van der Waals surface area contributed by atoms with Gasteiger partial charge in [0.05, 0.1) is 72.4 Å². The maximum Gasteiger partial charge on any atom is 0.274 e. The van der Waals surface area contributed by atoms with Gasteiger partial charge in [0, 0.05) is 24.9 Å². The highest BCUT2D eigenvalue weighted by molar-refractivity contribution is 6.31. The largest absolute Gasteiger partial charge is 0.497 e. The first-order chi connectivity index (χ1) is 25.2. The molecule has 0 bridgehead atoms. The van der Waals surface area contributed by atoms with E-state index >= 15 is 0 Å². The van der Waals surface area contributed by atoms with Crippen molar-refractivity contribution < 1.29 is 33.4 Å². The van der Waals surface area contributed by atoms with Crippen LogP contribution in [0, 0.1) is 0 Å². The Morgan fingerprint density at radius 3 is 2.12 bits per heavy atom. The van der Waals surface area contributed by atoms with Crippen LogP contribution in [0.4, 0.5) is 11.6 Å². The lowest BCUT2D eigenvalue weighted by molar-refractivity contribution is -0.933. The molecule has 0 spiro atoms. The van der Waals surface area contributed by atoms with Crippen molar-refractivity contribution in [1.29, 1.82) is 0 Å². The zero-order valence-electron chi connectivity index (χ0n) is 30.9. The Bertz CT molecular complexity index is 1510. The van der Waals surface area contributed by atoms with Crippen molar-refractivity contribution in [3.8, 4) is 5.75 Å². The van der Waals surface area contributed by atoms with Gasteiger partial charge >= 0.3 is 0 Å². The SMILES string of the molecule is CC.COc1ccc(CCC[N+]2(CCCc3ccc(C(=O)NCCOCCOCCO)cc3)CCCC(NC(=O)c3nc(Cl)c(N)nc3N)C2)cc1. The fourth-order valence-electron chi connectivity index (χ4n) is 6.40. The molecule has 7 N–H and O–H groups in total. The number of piperidine rings is 1. The van der Waals surface area contributed by atoms with E-state index in [1.54, 1.807) is 7.11 Å². The zero-order chi connectivity index (χ0) is 37.8. The van der Waals surface area contributed by atoms with Crippen LogP contribution < -0.4 is 26.8 Å². The Morgan fingerprint density at radius 2 is 1.50 bits per heavy atom. The van der Waals surface area contributed by atoms with Gasteiger partial charge in [-0.3, -0.25) is 9.59 Å². The summed E-state index contributed by atoms with van der Waals surface area (Å²) in [5.41, 5.74) is 14.7. The van der Waals surface area contributed by atoms with E-state index in [-0.39, 0.29) is 47.6 Å². The molecule has 1 saturated heterocycles. The van der Waals surface area contributed by atoms with E-state index in [1.807, 2.05) is 50.2 Å². The number of halogens is 1. The quantitative estimate of drug-likeness (QED) is 0.0836. The number of amides is 2. The van der Waals surface area contributed by atoms with Crippen molar-refractivity contribution in [2.45, 2.75) is 58.4 Å². The molecule has 2 aromatic carbocycles. The zero-order valence-corrected chi connectivity index (χ0v) is 31.6. The maximum absolute atomic E-state index is 13.2. The van der Waals surface area contributed by atoms with Crippen molar-refractivity contribution in [2.24, 2.45) is 0 Å². The smallest absolute Gasteiger partial charge is 0.274 e. The molecule has 286 valence electrons. The number of aliphatic hydroxyl groups excluding tert-OH is 1. The molecular weight excluding hydrogens is 686 g/mol. The van der Waals surface area contributed by atoms with E-state index < -0.39 is 5.91 Å². The number of hydrogen-bond donors (Lipinski definition) is 5. The number of carbonyl (C=O) groups is 2. The van der Waals surface area contributed by atoms with Gasteiger partial charge < -0.3 is 45.9 Å². The number of quaternary nitrogens is 1. The second-order valence-corrected chi connectivity index (χ2v) is 13.0. The maximum atomic E-state index is 13.2. The van der Waals surface area contributed by atoms with E-state index in [9.17, 15) is 9.59 Å². The average Bonchev–Trinajstić information content (AvgIpc) is 3.15. The van der Waals surface area contributed by atoms with Gasteiger partial charge in [-0.05, 0) is 61.1 Å². The number of anilines is 2. The van der Waals surface area contributed by atoms with Gasteiger partial charge in [-0.1, -0.05) is 49.7 Å². The predicted octanol–water partition coefficient (Wildman–Crippen LogP) is 4.06. The lowest BCUT2D eigenvalue weighted by Crippen LogP contribution is -2.60. The first-order valence-corrected chi connectivity index (χ1v) is 18.6. The Balaban J connectivity index is 0.00000358. The summed E-state index contributed by atoms with van der Waals surface area (Å²) in [5.74, 6) is 0.239. The van der Waals surface area contributed by atoms with Gasteiger partial charge in [0.15, 0.2) is 22.5 Å². The van der Waals surface area contributed by atoms with E-state index in [1.165, 1.54) is 11.1 Å². The Kier molecular flexibility index (Phi) is 18.6. The van der Waals surface area contributed by atoms with E-state index in [0.29, 0.717) is 31.9 Å². The normalized spacial score (nSPS) is 16.8. The van der Waals surface area contributed by atoms with Crippen LogP contribution in [0.25, 0.3) is 0 Å². The van der Waals surface area contributed by atoms with Gasteiger partial charge in [-0.25, -0.2) is 9.97 Å². The highest BCUT2D eigenvalue weighted by Crippen LogP contribution is 2.24. The monoisotopic (exact) mass is 742 g/mol.